The van der Waals surface area contributed by atoms with Gasteiger partial charge in [0.25, 0.3) is 0 Å². The first kappa shape index (κ1) is 17.1. The Morgan fingerprint density at radius 3 is 2.32 bits per heavy atom. The summed E-state index contributed by atoms with van der Waals surface area (Å²) in [6.45, 7) is 0.723. The van der Waals surface area contributed by atoms with E-state index in [1.54, 1.807) is 18.2 Å². The van der Waals surface area contributed by atoms with Crippen LogP contribution in [-0.2, 0) is 9.59 Å². The maximum absolute atomic E-state index is 11.7. The molecule has 0 bridgehead atoms. The predicted molar refractivity (Wildman–Crippen MR) is 84.8 cm³/mol. The van der Waals surface area contributed by atoms with Gasteiger partial charge in [-0.1, -0.05) is 23.2 Å². The molecule has 7 heteroatoms. The molecule has 0 aliphatic heterocycles. The third-order valence-electron chi connectivity index (χ3n) is 3.34. The summed E-state index contributed by atoms with van der Waals surface area (Å²) in [5, 5.41) is 16.2. The molecule has 2 rings (SSSR count). The molecule has 1 atom stereocenters. The molecule has 0 radical (unpaired) electrons. The molecule has 0 aromatic heterocycles. The van der Waals surface area contributed by atoms with Gasteiger partial charge in [-0.05, 0) is 36.6 Å². The van der Waals surface area contributed by atoms with Crippen molar-refractivity contribution in [3.05, 3.63) is 33.8 Å². The highest BCUT2D eigenvalue weighted by molar-refractivity contribution is 6.34. The zero-order valence-corrected chi connectivity index (χ0v) is 13.5. The van der Waals surface area contributed by atoms with Crippen LogP contribution in [0.25, 0.3) is 0 Å². The number of aliphatic hydroxyl groups is 1. The fourth-order valence-corrected chi connectivity index (χ4v) is 2.55. The SMILES string of the molecule is O=C(CC(O)c1cc(Cl)cc(Cl)c1)NCCNC(=O)C1CC1. The van der Waals surface area contributed by atoms with Crippen molar-refractivity contribution in [1.29, 1.82) is 0 Å². The second-order valence-corrected chi connectivity index (χ2v) is 6.21. The summed E-state index contributed by atoms with van der Waals surface area (Å²) in [7, 11) is 0. The minimum atomic E-state index is -0.975. The third kappa shape index (κ3) is 5.48. The number of carbonyl (C=O) groups is 2. The van der Waals surface area contributed by atoms with Crippen LogP contribution in [-0.4, -0.2) is 30.0 Å². The van der Waals surface area contributed by atoms with Crippen LogP contribution in [0.15, 0.2) is 18.2 Å². The van der Waals surface area contributed by atoms with Crippen molar-refractivity contribution < 1.29 is 14.7 Å². The van der Waals surface area contributed by atoms with E-state index in [9.17, 15) is 14.7 Å². The monoisotopic (exact) mass is 344 g/mol. The lowest BCUT2D eigenvalue weighted by Crippen LogP contribution is -2.35. The van der Waals surface area contributed by atoms with Crippen LogP contribution in [0.1, 0.15) is 30.9 Å². The average molecular weight is 345 g/mol. The summed E-state index contributed by atoms with van der Waals surface area (Å²) in [5.41, 5.74) is 0.495. The highest BCUT2D eigenvalue weighted by Gasteiger charge is 2.29. The number of halogens is 2. The maximum atomic E-state index is 11.7. The van der Waals surface area contributed by atoms with Crippen LogP contribution in [0.3, 0.4) is 0 Å². The van der Waals surface area contributed by atoms with Crippen LogP contribution >= 0.6 is 23.2 Å². The molecule has 1 aliphatic rings. The van der Waals surface area contributed by atoms with Gasteiger partial charge in [-0.25, -0.2) is 0 Å². The number of rotatable bonds is 7. The van der Waals surface area contributed by atoms with Crippen molar-refractivity contribution in [1.82, 2.24) is 10.6 Å². The first-order valence-corrected chi connectivity index (χ1v) is 7.90. The summed E-state index contributed by atoms with van der Waals surface area (Å²) in [6, 6.07) is 4.70. The number of hydrogen-bond donors (Lipinski definition) is 3. The second-order valence-electron chi connectivity index (χ2n) is 5.34. The van der Waals surface area contributed by atoms with E-state index < -0.39 is 6.10 Å². The number of nitrogens with one attached hydrogen (secondary N) is 2. The second kappa shape index (κ2) is 7.81. The predicted octanol–water partition coefficient (Wildman–Crippen LogP) is 2.06. The van der Waals surface area contributed by atoms with Gasteiger partial charge in [-0.2, -0.15) is 0 Å². The zero-order valence-electron chi connectivity index (χ0n) is 11.9. The molecule has 5 nitrogen and oxygen atoms in total. The first-order valence-electron chi connectivity index (χ1n) is 7.14. The van der Waals surface area contributed by atoms with Crippen LogP contribution in [0.4, 0.5) is 0 Å². The van der Waals surface area contributed by atoms with E-state index in [2.05, 4.69) is 10.6 Å². The number of hydrogen-bond acceptors (Lipinski definition) is 3. The number of benzene rings is 1. The largest absolute Gasteiger partial charge is 0.388 e. The summed E-state index contributed by atoms with van der Waals surface area (Å²) >= 11 is 11.7. The number of carbonyl (C=O) groups excluding carboxylic acids is 2. The molecule has 1 fully saturated rings. The fourth-order valence-electron chi connectivity index (χ4n) is 2.01. The Hall–Kier alpha value is -1.30. The Labute approximate surface area is 139 Å². The highest BCUT2D eigenvalue weighted by atomic mass is 35.5. The van der Waals surface area contributed by atoms with Crippen LogP contribution in [0.5, 0.6) is 0 Å². The summed E-state index contributed by atoms with van der Waals surface area (Å²) < 4.78 is 0. The molecule has 1 aliphatic carbocycles. The van der Waals surface area contributed by atoms with Gasteiger partial charge in [0.1, 0.15) is 0 Å². The third-order valence-corrected chi connectivity index (χ3v) is 3.78. The molecular weight excluding hydrogens is 327 g/mol. The van der Waals surface area contributed by atoms with Gasteiger partial charge >= 0.3 is 0 Å². The van der Waals surface area contributed by atoms with E-state index in [0.717, 1.165) is 12.8 Å². The lowest BCUT2D eigenvalue weighted by atomic mass is 10.1. The topological polar surface area (TPSA) is 78.4 Å². The van der Waals surface area contributed by atoms with Gasteiger partial charge in [-0.3, -0.25) is 9.59 Å². The van der Waals surface area contributed by atoms with E-state index in [1.807, 2.05) is 0 Å². The Morgan fingerprint density at radius 1 is 1.14 bits per heavy atom. The molecule has 120 valence electrons. The minimum absolute atomic E-state index is 0.0443. The number of aliphatic hydroxyl groups excluding tert-OH is 1. The van der Waals surface area contributed by atoms with E-state index in [-0.39, 0.29) is 24.2 Å². The summed E-state index contributed by atoms with van der Waals surface area (Å²) in [5.74, 6) is -0.0998. The molecule has 1 unspecified atom stereocenters. The van der Waals surface area contributed by atoms with Gasteiger partial charge in [0.2, 0.25) is 11.8 Å². The Kier molecular flexibility index (Phi) is 6.06. The lowest BCUT2D eigenvalue weighted by molar-refractivity contribution is -0.124. The van der Waals surface area contributed by atoms with Gasteiger partial charge < -0.3 is 15.7 Å². The van der Waals surface area contributed by atoms with Gasteiger partial charge in [0.05, 0.1) is 12.5 Å². The smallest absolute Gasteiger partial charge is 0.223 e. The van der Waals surface area contributed by atoms with Gasteiger partial charge in [0, 0.05) is 29.1 Å². The van der Waals surface area contributed by atoms with Crippen molar-refractivity contribution in [3.63, 3.8) is 0 Å². The zero-order chi connectivity index (χ0) is 16.1. The Morgan fingerprint density at radius 2 is 1.73 bits per heavy atom. The molecule has 1 saturated carbocycles. The molecule has 22 heavy (non-hydrogen) atoms. The van der Waals surface area contributed by atoms with Crippen molar-refractivity contribution in [2.24, 2.45) is 5.92 Å². The van der Waals surface area contributed by atoms with E-state index in [0.29, 0.717) is 28.7 Å². The molecule has 0 saturated heterocycles. The molecule has 2 amide bonds. The van der Waals surface area contributed by atoms with E-state index in [1.165, 1.54) is 0 Å². The molecule has 3 N–H and O–H groups in total. The quantitative estimate of drug-likeness (QED) is 0.662. The molecule has 1 aromatic rings. The Balaban J connectivity index is 1.70. The van der Waals surface area contributed by atoms with E-state index in [4.69, 9.17) is 23.2 Å². The molecule has 0 heterocycles. The number of amides is 2. The summed E-state index contributed by atoms with van der Waals surface area (Å²) in [6.07, 6.45) is 0.837. The van der Waals surface area contributed by atoms with Crippen molar-refractivity contribution in [2.75, 3.05) is 13.1 Å². The highest BCUT2D eigenvalue weighted by Crippen LogP contribution is 2.28. The maximum Gasteiger partial charge on any atom is 0.223 e. The summed E-state index contributed by atoms with van der Waals surface area (Å²) in [4.78, 5) is 23.1. The first-order chi connectivity index (χ1) is 10.5. The molecule has 1 aromatic carbocycles. The van der Waals surface area contributed by atoms with E-state index >= 15 is 0 Å². The van der Waals surface area contributed by atoms with Crippen molar-refractivity contribution in [3.8, 4) is 0 Å². The fraction of sp³-hybridized carbons (Fsp3) is 0.467. The molecule has 0 spiro atoms. The Bertz CT molecular complexity index is 541. The molecular formula is C15H18Cl2N2O3. The van der Waals surface area contributed by atoms with Crippen LogP contribution in [0, 0.1) is 5.92 Å². The standard InChI is InChI=1S/C15H18Cl2N2O3/c16-11-5-10(6-12(17)7-11)13(20)8-14(21)18-3-4-19-15(22)9-1-2-9/h5-7,9,13,20H,1-4,8H2,(H,18,21)(H,19,22). The normalized spacial score (nSPS) is 15.2. The van der Waals surface area contributed by atoms with Gasteiger partial charge in [-0.15, -0.1) is 0 Å². The van der Waals surface area contributed by atoms with Crippen molar-refractivity contribution >= 4 is 35.0 Å². The van der Waals surface area contributed by atoms with Crippen molar-refractivity contribution in [2.45, 2.75) is 25.4 Å². The van der Waals surface area contributed by atoms with Crippen LogP contribution in [0.2, 0.25) is 10.0 Å². The average Bonchev–Trinajstić information content (AvgIpc) is 3.26. The lowest BCUT2D eigenvalue weighted by Gasteiger charge is -2.12. The van der Waals surface area contributed by atoms with Crippen LogP contribution < -0.4 is 10.6 Å². The minimum Gasteiger partial charge on any atom is -0.388 e. The van der Waals surface area contributed by atoms with Gasteiger partial charge in [0.15, 0.2) is 0 Å².